The topological polar surface area (TPSA) is 54.6 Å². The number of aromatic nitrogens is 1. The van der Waals surface area contributed by atoms with Crippen molar-refractivity contribution in [3.63, 3.8) is 0 Å². The first kappa shape index (κ1) is 13.9. The van der Waals surface area contributed by atoms with Crippen LogP contribution in [0.2, 0.25) is 0 Å². The third kappa shape index (κ3) is 2.72. The molecule has 6 heteroatoms. The number of hydrogen-bond acceptors (Lipinski definition) is 6. The second-order valence-corrected chi connectivity index (χ2v) is 6.75. The van der Waals surface area contributed by atoms with Crippen molar-refractivity contribution in [3.8, 4) is 5.75 Å². The molecule has 20 heavy (non-hydrogen) atoms. The lowest BCUT2D eigenvalue weighted by Gasteiger charge is -2.24. The first-order chi connectivity index (χ1) is 9.65. The molecule has 2 saturated heterocycles. The fourth-order valence-electron chi connectivity index (χ4n) is 3.16. The van der Waals surface area contributed by atoms with E-state index in [9.17, 15) is 0 Å². The normalized spacial score (nSPS) is 23.9. The van der Waals surface area contributed by atoms with E-state index in [0.29, 0.717) is 11.9 Å². The minimum absolute atomic E-state index is 0.129. The van der Waals surface area contributed by atoms with E-state index in [2.05, 4.69) is 14.2 Å². The Labute approximate surface area is 124 Å². The van der Waals surface area contributed by atoms with Gasteiger partial charge >= 0.3 is 0 Å². The van der Waals surface area contributed by atoms with Crippen molar-refractivity contribution in [1.29, 1.82) is 0 Å². The zero-order chi connectivity index (χ0) is 14.1. The Morgan fingerprint density at radius 2 is 2.05 bits per heavy atom. The van der Waals surface area contributed by atoms with Crippen LogP contribution in [-0.4, -0.2) is 47.6 Å². The first-order valence-electron chi connectivity index (χ1n) is 7.56. The van der Waals surface area contributed by atoms with Crippen LogP contribution in [0, 0.1) is 0 Å². The Morgan fingerprint density at radius 3 is 2.75 bits per heavy atom. The molecule has 3 heterocycles. The smallest absolute Gasteiger partial charge is 0.198 e. The molecular formula is C14H24N4OS. The standard InChI is InChI=1S/C14H24N4OS/c1-10(2)19-12-13(15)16-20-14(12)18-8-5-11(9-18)17-6-3-4-7-17/h10-11H,3-9H2,1-2H3,(H2,15,16). The molecule has 0 spiro atoms. The van der Waals surface area contributed by atoms with Crippen LogP contribution in [0.5, 0.6) is 5.75 Å². The van der Waals surface area contributed by atoms with Crippen molar-refractivity contribution in [1.82, 2.24) is 9.27 Å². The van der Waals surface area contributed by atoms with Gasteiger partial charge in [-0.05, 0) is 57.7 Å². The molecule has 5 nitrogen and oxygen atoms in total. The predicted octanol–water partition coefficient (Wildman–Crippen LogP) is 2.19. The van der Waals surface area contributed by atoms with Gasteiger partial charge in [-0.25, -0.2) is 0 Å². The van der Waals surface area contributed by atoms with Gasteiger partial charge in [0.15, 0.2) is 16.6 Å². The van der Waals surface area contributed by atoms with Gasteiger partial charge in [0.25, 0.3) is 0 Å². The highest BCUT2D eigenvalue weighted by molar-refractivity contribution is 7.11. The summed E-state index contributed by atoms with van der Waals surface area (Å²) in [5.41, 5.74) is 5.95. The minimum Gasteiger partial charge on any atom is -0.484 e. The first-order valence-corrected chi connectivity index (χ1v) is 8.33. The summed E-state index contributed by atoms with van der Waals surface area (Å²) in [6, 6.07) is 0.688. The number of anilines is 2. The van der Waals surface area contributed by atoms with Gasteiger partial charge in [-0.1, -0.05) is 0 Å². The second kappa shape index (κ2) is 5.77. The highest BCUT2D eigenvalue weighted by Crippen LogP contribution is 2.40. The molecule has 0 radical (unpaired) electrons. The molecule has 112 valence electrons. The van der Waals surface area contributed by atoms with Gasteiger partial charge in [-0.3, -0.25) is 4.90 Å². The van der Waals surface area contributed by atoms with Gasteiger partial charge in [0.2, 0.25) is 0 Å². The molecule has 1 unspecified atom stereocenters. The van der Waals surface area contributed by atoms with Crippen LogP contribution >= 0.6 is 11.5 Å². The molecule has 0 bridgehead atoms. The molecule has 1 aromatic rings. The van der Waals surface area contributed by atoms with Crippen molar-refractivity contribution < 1.29 is 4.74 Å². The van der Waals surface area contributed by atoms with Crippen LogP contribution < -0.4 is 15.4 Å². The SMILES string of the molecule is CC(C)Oc1c(N)nsc1N1CCC(N2CCCC2)C1. The molecule has 2 aliphatic rings. The molecule has 1 aromatic heterocycles. The number of hydrogen-bond donors (Lipinski definition) is 1. The number of rotatable bonds is 4. The van der Waals surface area contributed by atoms with E-state index in [1.165, 1.54) is 43.9 Å². The van der Waals surface area contributed by atoms with Crippen molar-refractivity contribution in [2.45, 2.75) is 45.3 Å². The largest absolute Gasteiger partial charge is 0.484 e. The van der Waals surface area contributed by atoms with Gasteiger partial charge in [0, 0.05) is 19.1 Å². The summed E-state index contributed by atoms with van der Waals surface area (Å²) >= 11 is 1.47. The summed E-state index contributed by atoms with van der Waals surface area (Å²) in [4.78, 5) is 5.03. The maximum Gasteiger partial charge on any atom is 0.198 e. The summed E-state index contributed by atoms with van der Waals surface area (Å²) in [5, 5.41) is 1.11. The van der Waals surface area contributed by atoms with Gasteiger partial charge in [0.05, 0.1) is 6.10 Å². The van der Waals surface area contributed by atoms with Gasteiger partial charge in [-0.2, -0.15) is 4.37 Å². The summed E-state index contributed by atoms with van der Waals surface area (Å²) in [6.07, 6.45) is 4.07. The molecule has 2 fully saturated rings. The van der Waals surface area contributed by atoms with Gasteiger partial charge < -0.3 is 15.4 Å². The zero-order valence-corrected chi connectivity index (χ0v) is 13.2. The van der Waals surface area contributed by atoms with Crippen molar-refractivity contribution in [2.24, 2.45) is 0 Å². The average molecular weight is 296 g/mol. The maximum atomic E-state index is 5.95. The number of nitrogens with zero attached hydrogens (tertiary/aromatic N) is 3. The lowest BCUT2D eigenvalue weighted by atomic mass is 10.2. The molecule has 0 amide bonds. The van der Waals surface area contributed by atoms with Gasteiger partial charge in [-0.15, -0.1) is 0 Å². The van der Waals surface area contributed by atoms with Crippen LogP contribution in [0.15, 0.2) is 0 Å². The van der Waals surface area contributed by atoms with Crippen molar-refractivity contribution in [3.05, 3.63) is 0 Å². The monoisotopic (exact) mass is 296 g/mol. The number of ether oxygens (including phenoxy) is 1. The van der Waals surface area contributed by atoms with E-state index < -0.39 is 0 Å². The fraction of sp³-hybridized carbons (Fsp3) is 0.786. The van der Waals surface area contributed by atoms with Crippen LogP contribution in [0.3, 0.4) is 0 Å². The summed E-state index contributed by atoms with van der Waals surface area (Å²) in [6.45, 7) is 8.74. The lowest BCUT2D eigenvalue weighted by Crippen LogP contribution is -2.35. The van der Waals surface area contributed by atoms with E-state index in [4.69, 9.17) is 10.5 Å². The molecule has 2 N–H and O–H groups in total. The summed E-state index contributed by atoms with van der Waals surface area (Å²) < 4.78 is 10.1. The minimum atomic E-state index is 0.129. The number of nitrogen functional groups attached to an aromatic ring is 1. The Balaban J connectivity index is 1.71. The molecule has 2 aliphatic heterocycles. The third-order valence-electron chi connectivity index (χ3n) is 4.12. The molecule has 1 atom stereocenters. The average Bonchev–Trinajstić information content (AvgIpc) is 3.10. The quantitative estimate of drug-likeness (QED) is 0.923. The van der Waals surface area contributed by atoms with Gasteiger partial charge in [0.1, 0.15) is 0 Å². The highest BCUT2D eigenvalue weighted by Gasteiger charge is 2.32. The van der Waals surface area contributed by atoms with E-state index in [1.807, 2.05) is 13.8 Å². The number of likely N-dealkylation sites (tertiary alicyclic amines) is 1. The third-order valence-corrected chi connectivity index (χ3v) is 5.02. The van der Waals surface area contributed by atoms with E-state index >= 15 is 0 Å². The molecule has 0 aromatic carbocycles. The molecular weight excluding hydrogens is 272 g/mol. The van der Waals surface area contributed by atoms with Crippen LogP contribution in [-0.2, 0) is 0 Å². The highest BCUT2D eigenvalue weighted by atomic mass is 32.1. The Kier molecular flexibility index (Phi) is 4.03. The lowest BCUT2D eigenvalue weighted by molar-refractivity contribution is 0.244. The molecule has 3 rings (SSSR count). The Bertz CT molecular complexity index is 456. The van der Waals surface area contributed by atoms with Crippen molar-refractivity contribution >= 4 is 22.4 Å². The van der Waals surface area contributed by atoms with E-state index in [1.54, 1.807) is 0 Å². The van der Waals surface area contributed by atoms with Crippen LogP contribution in [0.1, 0.15) is 33.1 Å². The molecule has 0 saturated carbocycles. The summed E-state index contributed by atoms with van der Waals surface area (Å²) in [5.74, 6) is 1.32. The second-order valence-electron chi connectivity index (χ2n) is 6.00. The summed E-state index contributed by atoms with van der Waals surface area (Å²) in [7, 11) is 0. The zero-order valence-electron chi connectivity index (χ0n) is 12.3. The van der Waals surface area contributed by atoms with Crippen molar-refractivity contribution in [2.75, 3.05) is 36.8 Å². The van der Waals surface area contributed by atoms with Crippen LogP contribution in [0.4, 0.5) is 10.8 Å². The number of nitrogens with two attached hydrogens (primary N) is 1. The molecule has 0 aliphatic carbocycles. The maximum absolute atomic E-state index is 5.95. The van der Waals surface area contributed by atoms with Crippen LogP contribution in [0.25, 0.3) is 0 Å². The van der Waals surface area contributed by atoms with E-state index in [0.717, 1.165) is 23.8 Å². The Hall–Kier alpha value is -1.01. The predicted molar refractivity (Wildman–Crippen MR) is 83.7 cm³/mol. The van der Waals surface area contributed by atoms with E-state index in [-0.39, 0.29) is 6.10 Å². The Morgan fingerprint density at radius 1 is 1.30 bits per heavy atom. The fourth-order valence-corrected chi connectivity index (χ4v) is 3.95.